The molecule has 1 aromatic carbocycles. The van der Waals surface area contributed by atoms with Crippen molar-refractivity contribution in [3.63, 3.8) is 0 Å². The zero-order chi connectivity index (χ0) is 33.4. The third-order valence-electron chi connectivity index (χ3n) is 6.32. The normalized spacial score (nSPS) is 14.3. The van der Waals surface area contributed by atoms with E-state index in [-0.39, 0.29) is 11.5 Å². The van der Waals surface area contributed by atoms with Crippen molar-refractivity contribution < 1.29 is 55.7 Å². The molecule has 4 rings (SSSR count). The summed E-state index contributed by atoms with van der Waals surface area (Å²) < 4.78 is 71.4. The van der Waals surface area contributed by atoms with Crippen LogP contribution >= 0.6 is 11.3 Å². The average molecular weight is 657 g/mol. The molecule has 1 saturated heterocycles. The first kappa shape index (κ1) is 36.3. The first-order chi connectivity index (χ1) is 20.4. The number of halogens is 6. The Balaban J connectivity index is 0.000000402. The van der Waals surface area contributed by atoms with Crippen LogP contribution in [0.25, 0.3) is 21.0 Å². The van der Waals surface area contributed by atoms with E-state index >= 15 is 0 Å². The van der Waals surface area contributed by atoms with Crippen LogP contribution in [-0.4, -0.2) is 108 Å². The van der Waals surface area contributed by atoms with Gasteiger partial charge in [-0.3, -0.25) is 9.59 Å². The van der Waals surface area contributed by atoms with E-state index in [1.54, 1.807) is 11.6 Å². The van der Waals surface area contributed by atoms with Crippen LogP contribution in [0.4, 0.5) is 26.3 Å². The van der Waals surface area contributed by atoms with Crippen LogP contribution in [0.5, 0.6) is 5.75 Å². The number of nitrogens with one attached hydrogen (secondary N) is 1. The highest BCUT2D eigenvalue weighted by atomic mass is 32.1. The number of rotatable bonds is 6. The lowest BCUT2D eigenvalue weighted by Gasteiger charge is -2.32. The number of carbonyl (C=O) groups is 3. The molecule has 0 aliphatic carbocycles. The molecule has 244 valence electrons. The largest absolute Gasteiger partial charge is 0.494 e. The molecule has 0 unspecified atom stereocenters. The summed E-state index contributed by atoms with van der Waals surface area (Å²) in [5, 5.41) is 18.7. The maximum atomic E-state index is 13.0. The van der Waals surface area contributed by atoms with Crippen LogP contribution < -0.4 is 15.6 Å². The molecule has 1 aliphatic heterocycles. The summed E-state index contributed by atoms with van der Waals surface area (Å²) >= 11 is 1.33. The summed E-state index contributed by atoms with van der Waals surface area (Å²) in [5.74, 6) is -5.32. The SMILES string of the molecule is COc1c(C(=O)NCCCN2CCN(C)CC2)sc2c1c(=O)n(C)c1ccccc21.O=C(O)C(F)(F)F.O=C(O)C(F)(F)F. The summed E-state index contributed by atoms with van der Waals surface area (Å²) in [6, 6.07) is 7.74. The van der Waals surface area contributed by atoms with Crippen LogP contribution in [-0.2, 0) is 16.6 Å². The van der Waals surface area contributed by atoms with Crippen LogP contribution in [0, 0.1) is 0 Å². The first-order valence-corrected chi connectivity index (χ1v) is 13.6. The third kappa shape index (κ3) is 9.55. The molecule has 3 N–H and O–H groups in total. The van der Waals surface area contributed by atoms with Gasteiger partial charge in [0.25, 0.3) is 11.5 Å². The van der Waals surface area contributed by atoms with Crippen molar-refractivity contribution in [3.05, 3.63) is 39.5 Å². The van der Waals surface area contributed by atoms with Crippen LogP contribution in [0.3, 0.4) is 0 Å². The molecule has 1 amide bonds. The lowest BCUT2D eigenvalue weighted by Crippen LogP contribution is -2.45. The Morgan fingerprint density at radius 2 is 1.48 bits per heavy atom. The number of carboxylic acids is 2. The predicted octanol–water partition coefficient (Wildman–Crippen LogP) is 3.40. The standard InChI is InChI=1S/C22H28N4O3S.2C2HF3O2/c1-24-11-13-26(14-12-24)10-6-9-23-21(27)20-18(29-3)17-19(30-20)15-7-4-5-8-16(15)25(2)22(17)28;2*3-2(4,5)1(6)7/h4-5,7-8H,6,9-14H2,1-3H3,(H,23,27);2*(H,6,7). The van der Waals surface area contributed by atoms with Crippen molar-refractivity contribution in [2.45, 2.75) is 18.8 Å². The Morgan fingerprint density at radius 3 is 1.98 bits per heavy atom. The Labute approximate surface area is 250 Å². The van der Waals surface area contributed by atoms with E-state index < -0.39 is 24.3 Å². The molecule has 0 spiro atoms. The molecule has 0 radical (unpaired) electrons. The van der Waals surface area contributed by atoms with E-state index in [0.717, 1.165) is 54.7 Å². The maximum Gasteiger partial charge on any atom is 0.490 e. The fraction of sp³-hybridized carbons (Fsp3) is 0.462. The van der Waals surface area contributed by atoms with Crippen molar-refractivity contribution >= 4 is 50.2 Å². The van der Waals surface area contributed by atoms with Gasteiger partial charge >= 0.3 is 24.3 Å². The molecule has 44 heavy (non-hydrogen) atoms. The number of fused-ring (bicyclic) bond motifs is 3. The maximum absolute atomic E-state index is 13.0. The summed E-state index contributed by atoms with van der Waals surface area (Å²) in [7, 11) is 5.41. The highest BCUT2D eigenvalue weighted by Crippen LogP contribution is 2.39. The second kappa shape index (κ2) is 15.2. The quantitative estimate of drug-likeness (QED) is 0.269. The third-order valence-corrected chi connectivity index (χ3v) is 7.52. The number of pyridine rings is 1. The van der Waals surface area contributed by atoms with Gasteiger partial charge in [0.2, 0.25) is 0 Å². The van der Waals surface area contributed by atoms with Gasteiger partial charge in [-0.1, -0.05) is 18.2 Å². The molecule has 11 nitrogen and oxygen atoms in total. The number of alkyl halides is 6. The van der Waals surface area contributed by atoms with Gasteiger partial charge in [-0.2, -0.15) is 26.3 Å². The number of aromatic nitrogens is 1. The summed E-state index contributed by atoms with van der Waals surface area (Å²) in [6.07, 6.45) is -9.27. The number of thiophene rings is 1. The number of nitrogens with zero attached hydrogens (tertiary/aromatic N) is 3. The fourth-order valence-corrected chi connectivity index (χ4v) is 5.25. The molecule has 2 aromatic heterocycles. The minimum atomic E-state index is -5.08. The number of piperazine rings is 1. The zero-order valence-electron chi connectivity index (χ0n) is 23.7. The minimum Gasteiger partial charge on any atom is -0.494 e. The van der Waals surface area contributed by atoms with Gasteiger partial charge < -0.3 is 34.6 Å². The fourth-order valence-electron chi connectivity index (χ4n) is 4.04. The molecule has 18 heteroatoms. The molecule has 0 saturated carbocycles. The summed E-state index contributed by atoms with van der Waals surface area (Å²) in [4.78, 5) is 48.9. The number of aryl methyl sites for hydroxylation is 1. The Kier molecular flexibility index (Phi) is 12.5. The number of likely N-dealkylation sites (N-methyl/N-ethyl adjacent to an activating group) is 1. The number of carboxylic acid groups (broad SMARTS) is 2. The van der Waals surface area contributed by atoms with Crippen LogP contribution in [0.15, 0.2) is 29.1 Å². The van der Waals surface area contributed by atoms with Crippen molar-refractivity contribution in [1.29, 1.82) is 0 Å². The zero-order valence-corrected chi connectivity index (χ0v) is 24.5. The number of carbonyl (C=O) groups excluding carboxylic acids is 1. The Hall–Kier alpha value is -3.90. The van der Waals surface area contributed by atoms with E-state index in [1.807, 2.05) is 24.3 Å². The number of aliphatic carboxylic acids is 2. The molecular formula is C26H30F6N4O7S. The summed E-state index contributed by atoms with van der Waals surface area (Å²) in [5.41, 5.74) is 0.698. The van der Waals surface area contributed by atoms with Gasteiger partial charge in [-0.25, -0.2) is 9.59 Å². The molecule has 1 fully saturated rings. The van der Waals surface area contributed by atoms with E-state index in [1.165, 1.54) is 18.4 Å². The molecule has 0 atom stereocenters. The monoisotopic (exact) mass is 656 g/mol. The van der Waals surface area contributed by atoms with E-state index in [4.69, 9.17) is 24.5 Å². The molecule has 3 aromatic rings. The lowest BCUT2D eigenvalue weighted by atomic mass is 10.1. The second-order valence-electron chi connectivity index (χ2n) is 9.41. The van der Waals surface area contributed by atoms with Gasteiger partial charge in [0, 0.05) is 45.2 Å². The van der Waals surface area contributed by atoms with Crippen molar-refractivity contribution in [2.24, 2.45) is 7.05 Å². The Morgan fingerprint density at radius 1 is 0.955 bits per heavy atom. The first-order valence-electron chi connectivity index (χ1n) is 12.8. The van der Waals surface area contributed by atoms with Crippen molar-refractivity contribution in [3.8, 4) is 5.75 Å². The molecule has 3 heterocycles. The predicted molar refractivity (Wildman–Crippen MR) is 149 cm³/mol. The van der Waals surface area contributed by atoms with Gasteiger partial charge in [0.05, 0.1) is 17.3 Å². The van der Waals surface area contributed by atoms with Gasteiger partial charge in [-0.15, -0.1) is 11.3 Å². The van der Waals surface area contributed by atoms with E-state index in [0.29, 0.717) is 22.6 Å². The molecule has 1 aliphatic rings. The topological polar surface area (TPSA) is 141 Å². The summed E-state index contributed by atoms with van der Waals surface area (Å²) in [6.45, 7) is 5.91. The van der Waals surface area contributed by atoms with E-state index in [9.17, 15) is 35.9 Å². The molecule has 0 bridgehead atoms. The van der Waals surface area contributed by atoms with Crippen LogP contribution in [0.1, 0.15) is 16.1 Å². The molecular weight excluding hydrogens is 626 g/mol. The smallest absolute Gasteiger partial charge is 0.490 e. The highest BCUT2D eigenvalue weighted by Gasteiger charge is 2.38. The average Bonchev–Trinajstić information content (AvgIpc) is 3.35. The number of hydrogen-bond acceptors (Lipinski definition) is 8. The van der Waals surface area contributed by atoms with Gasteiger partial charge in [0.15, 0.2) is 5.75 Å². The van der Waals surface area contributed by atoms with Gasteiger partial charge in [-0.05, 0) is 26.1 Å². The number of methoxy groups -OCH3 is 1. The minimum absolute atomic E-state index is 0.147. The highest BCUT2D eigenvalue weighted by molar-refractivity contribution is 7.22. The van der Waals surface area contributed by atoms with Crippen molar-refractivity contribution in [1.82, 2.24) is 19.7 Å². The number of hydrogen-bond donors (Lipinski definition) is 3. The number of amides is 1. The number of ether oxygens (including phenoxy) is 1. The van der Waals surface area contributed by atoms with Gasteiger partial charge in [0.1, 0.15) is 10.3 Å². The number of benzene rings is 1. The number of para-hydroxylation sites is 1. The second-order valence-corrected chi connectivity index (χ2v) is 10.4. The van der Waals surface area contributed by atoms with Crippen LogP contribution in [0.2, 0.25) is 0 Å². The van der Waals surface area contributed by atoms with E-state index in [2.05, 4.69) is 22.2 Å². The van der Waals surface area contributed by atoms with Crippen molar-refractivity contribution in [2.75, 3.05) is 53.4 Å². The lowest BCUT2D eigenvalue weighted by molar-refractivity contribution is -0.193. The Bertz CT molecular complexity index is 1510.